The molecule has 1 aliphatic rings. The molecule has 226 valence electrons. The van der Waals surface area contributed by atoms with Gasteiger partial charge < -0.3 is 20.1 Å². The second-order valence-electron chi connectivity index (χ2n) is 11.8. The van der Waals surface area contributed by atoms with Crippen molar-refractivity contribution in [2.45, 2.75) is 58.5 Å². The molecule has 3 aromatic heterocycles. The van der Waals surface area contributed by atoms with Gasteiger partial charge in [0, 0.05) is 41.1 Å². The summed E-state index contributed by atoms with van der Waals surface area (Å²) in [7, 11) is 2.93. The second-order valence-corrected chi connectivity index (χ2v) is 12.2. The molecule has 4 aromatic rings. The van der Waals surface area contributed by atoms with E-state index in [2.05, 4.69) is 57.8 Å². The molecule has 0 unspecified atom stereocenters. The number of benzene rings is 1. The van der Waals surface area contributed by atoms with E-state index < -0.39 is 18.0 Å². The topological polar surface area (TPSA) is 123 Å². The average Bonchev–Trinajstić information content (AvgIpc) is 3.67. The van der Waals surface area contributed by atoms with Crippen molar-refractivity contribution in [2.75, 3.05) is 31.4 Å². The van der Waals surface area contributed by atoms with Gasteiger partial charge in [-0.2, -0.15) is 5.26 Å². The molecule has 0 aliphatic heterocycles. The molecule has 2 N–H and O–H groups in total. The molecule has 1 aliphatic carbocycles. The second kappa shape index (κ2) is 11.4. The maximum absolute atomic E-state index is 14.1. The number of anilines is 2. The number of hydrogen-bond donors (Lipinski definition) is 2. The summed E-state index contributed by atoms with van der Waals surface area (Å²) in [6.45, 7) is 8.68. The van der Waals surface area contributed by atoms with E-state index in [0.29, 0.717) is 62.2 Å². The number of alkyl halides is 2. The number of pyridine rings is 2. The molecule has 5 rings (SSSR count). The Bertz CT molecular complexity index is 1710. The van der Waals surface area contributed by atoms with Gasteiger partial charge in [-0.25, -0.2) is 18.4 Å². The lowest BCUT2D eigenvalue weighted by atomic mass is 9.96. The van der Waals surface area contributed by atoms with Gasteiger partial charge in [0.25, 0.3) is 6.43 Å². The van der Waals surface area contributed by atoms with Crippen molar-refractivity contribution in [3.63, 3.8) is 0 Å². The number of aromatic nitrogens is 5. The van der Waals surface area contributed by atoms with Gasteiger partial charge in [-0.15, -0.1) is 5.10 Å². The van der Waals surface area contributed by atoms with Crippen LogP contribution in [0.3, 0.4) is 0 Å². The van der Waals surface area contributed by atoms with E-state index in [9.17, 15) is 14.0 Å². The number of nitriles is 1. The van der Waals surface area contributed by atoms with Crippen molar-refractivity contribution in [3.8, 4) is 17.8 Å². The Morgan fingerprint density at radius 1 is 1.19 bits per heavy atom. The van der Waals surface area contributed by atoms with Crippen molar-refractivity contribution in [3.05, 3.63) is 58.0 Å². The van der Waals surface area contributed by atoms with Gasteiger partial charge >= 0.3 is 0 Å². The Morgan fingerprint density at radius 3 is 2.51 bits per heavy atom. The van der Waals surface area contributed by atoms with Gasteiger partial charge in [0.2, 0.25) is 11.8 Å². The van der Waals surface area contributed by atoms with Crippen molar-refractivity contribution < 1.29 is 18.3 Å². The summed E-state index contributed by atoms with van der Waals surface area (Å²) in [5, 5.41) is 26.2. The highest BCUT2D eigenvalue weighted by Crippen LogP contribution is 2.51. The van der Waals surface area contributed by atoms with Crippen LogP contribution in [0.25, 0.3) is 10.9 Å². The van der Waals surface area contributed by atoms with Crippen LogP contribution in [0, 0.1) is 23.7 Å². The van der Waals surface area contributed by atoms with E-state index in [1.165, 1.54) is 25.1 Å². The number of rotatable bonds is 10. The number of fused-ring (bicyclic) bond motifs is 1. The fourth-order valence-corrected chi connectivity index (χ4v) is 5.27. The Hall–Kier alpha value is -4.24. The van der Waals surface area contributed by atoms with E-state index >= 15 is 0 Å². The monoisotopic (exact) mass is 610 g/mol. The third-order valence-electron chi connectivity index (χ3n) is 7.48. The molecule has 13 heteroatoms. The molecule has 0 radical (unpaired) electrons. The molecule has 10 nitrogen and oxygen atoms in total. The van der Waals surface area contributed by atoms with Crippen LogP contribution in [0.2, 0.25) is 5.02 Å². The number of hydrogen-bond acceptors (Lipinski definition) is 9. The molecule has 1 fully saturated rings. The Balaban J connectivity index is 1.66. The van der Waals surface area contributed by atoms with Crippen molar-refractivity contribution in [2.24, 2.45) is 5.41 Å². The van der Waals surface area contributed by atoms with Crippen LogP contribution in [0.5, 0.6) is 11.8 Å². The van der Waals surface area contributed by atoms with Crippen molar-refractivity contribution in [1.29, 1.82) is 5.26 Å². The van der Waals surface area contributed by atoms with Crippen LogP contribution in [-0.4, -0.2) is 52.2 Å². The van der Waals surface area contributed by atoms with Crippen LogP contribution >= 0.6 is 11.6 Å². The Labute approximate surface area is 253 Å². The molecule has 0 bridgehead atoms. The van der Waals surface area contributed by atoms with Crippen molar-refractivity contribution in [1.82, 2.24) is 25.0 Å². The van der Waals surface area contributed by atoms with Gasteiger partial charge in [-0.3, -0.25) is 4.98 Å². The van der Waals surface area contributed by atoms with E-state index in [1.807, 2.05) is 19.1 Å². The predicted octanol–water partition coefficient (Wildman–Crippen LogP) is 6.49. The summed E-state index contributed by atoms with van der Waals surface area (Å²) >= 11 is 6.75. The number of methoxy groups -OCH3 is 2. The highest BCUT2D eigenvalue weighted by Gasteiger charge is 2.56. The third-order valence-corrected chi connectivity index (χ3v) is 7.77. The van der Waals surface area contributed by atoms with Gasteiger partial charge in [0.15, 0.2) is 5.69 Å². The van der Waals surface area contributed by atoms with Crippen LogP contribution in [0.15, 0.2) is 30.5 Å². The maximum atomic E-state index is 14.1. The highest BCUT2D eigenvalue weighted by molar-refractivity contribution is 6.35. The molecule has 43 heavy (non-hydrogen) atoms. The summed E-state index contributed by atoms with van der Waals surface area (Å²) in [5.74, 6) is 0.544. The normalized spacial score (nSPS) is 14.8. The highest BCUT2D eigenvalue weighted by atomic mass is 35.5. The average molecular weight is 611 g/mol. The summed E-state index contributed by atoms with van der Waals surface area (Å²) < 4.78 is 40.4. The van der Waals surface area contributed by atoms with Crippen LogP contribution < -0.4 is 20.1 Å². The minimum atomic E-state index is -2.63. The summed E-state index contributed by atoms with van der Waals surface area (Å²) in [5.41, 5.74) is 2.19. The quantitative estimate of drug-likeness (QED) is 0.207. The zero-order valence-corrected chi connectivity index (χ0v) is 25.6. The van der Waals surface area contributed by atoms with Gasteiger partial charge in [0.1, 0.15) is 17.6 Å². The largest absolute Gasteiger partial charge is 0.481 e. The number of aryl methyl sites for hydroxylation is 1. The van der Waals surface area contributed by atoms with E-state index in [1.54, 1.807) is 12.1 Å². The zero-order valence-electron chi connectivity index (χ0n) is 24.8. The maximum Gasteiger partial charge on any atom is 0.263 e. The predicted molar refractivity (Wildman–Crippen MR) is 160 cm³/mol. The molecular formula is C30H33ClF2N8O2. The molecule has 1 atom stereocenters. The minimum Gasteiger partial charge on any atom is -0.481 e. The lowest BCUT2D eigenvalue weighted by Gasteiger charge is -2.23. The zero-order chi connectivity index (χ0) is 31.1. The van der Waals surface area contributed by atoms with Crippen LogP contribution in [0.4, 0.5) is 20.2 Å². The first-order valence-corrected chi connectivity index (χ1v) is 14.1. The smallest absolute Gasteiger partial charge is 0.263 e. The summed E-state index contributed by atoms with van der Waals surface area (Å²) in [6, 6.07) is 8.57. The lowest BCUT2D eigenvalue weighted by Crippen LogP contribution is -2.27. The summed E-state index contributed by atoms with van der Waals surface area (Å²) in [6.07, 6.45) is -0.596. The number of ether oxygens (including phenoxy) is 2. The van der Waals surface area contributed by atoms with Crippen molar-refractivity contribution >= 4 is 33.9 Å². The molecular weight excluding hydrogens is 578 g/mol. The van der Waals surface area contributed by atoms with E-state index in [0.717, 1.165) is 0 Å². The first kappa shape index (κ1) is 30.2. The van der Waals surface area contributed by atoms with Crippen LogP contribution in [0.1, 0.15) is 62.2 Å². The van der Waals surface area contributed by atoms with Gasteiger partial charge in [0.05, 0.1) is 36.0 Å². The molecule has 1 saturated carbocycles. The Kier molecular flexibility index (Phi) is 8.05. The fourth-order valence-electron chi connectivity index (χ4n) is 5.00. The molecule has 0 saturated heterocycles. The Morgan fingerprint density at radius 2 is 1.93 bits per heavy atom. The lowest BCUT2D eigenvalue weighted by molar-refractivity contribution is 0.0545. The third kappa shape index (κ3) is 5.73. The van der Waals surface area contributed by atoms with E-state index in [-0.39, 0.29) is 24.1 Å². The first-order chi connectivity index (χ1) is 20.4. The van der Waals surface area contributed by atoms with E-state index in [4.69, 9.17) is 21.1 Å². The van der Waals surface area contributed by atoms with Crippen LogP contribution in [-0.2, 0) is 5.54 Å². The van der Waals surface area contributed by atoms with Gasteiger partial charge in [-0.05, 0) is 43.4 Å². The summed E-state index contributed by atoms with van der Waals surface area (Å²) in [4.78, 5) is 8.97. The fraction of sp³-hybridized carbons (Fsp3) is 0.433. The number of nitrogens with zero attached hydrogens (tertiary/aromatic N) is 6. The number of halogens is 3. The number of nitrogens with one attached hydrogen (secondary N) is 2. The standard InChI is InChI=1S/C30H33ClF2N8O2/c1-16-19(7-8-22(37-16)42-5)25(26-27(43-6)41(40-39-26)30(9-10-30)28(32)33)38-18-11-20-23(36-15-29(2,3)4)17(13-34)14-35-24(20)21(31)12-18/h7-8,11-12,14,25,28,38H,9-10,15H2,1-6H3,(H,35,36)/t25-/m0/s1. The first-order valence-electron chi connectivity index (χ1n) is 13.7. The molecule has 0 spiro atoms. The molecule has 1 aromatic carbocycles. The molecule has 0 amide bonds. The van der Waals surface area contributed by atoms with Gasteiger partial charge in [-0.1, -0.05) is 37.6 Å². The SMILES string of the molecule is COc1ccc([C@H](Nc2cc(Cl)c3ncc(C#N)c(NCC(C)(C)C)c3c2)c2nnn(C3(C(F)F)CC3)c2OC)c(C)n1. The minimum absolute atomic E-state index is 0.0640. The molecule has 3 heterocycles.